The molecule has 0 aliphatic heterocycles. The van der Waals surface area contributed by atoms with Crippen LogP contribution in [0.1, 0.15) is 5.56 Å². The van der Waals surface area contributed by atoms with Crippen molar-refractivity contribution in [3.63, 3.8) is 0 Å². The average molecular weight is 383 g/mol. The van der Waals surface area contributed by atoms with Crippen LogP contribution in [0.15, 0.2) is 110 Å². The average Bonchev–Trinajstić information content (AvgIpc) is 2.82. The predicted octanol–water partition coefficient (Wildman–Crippen LogP) is 8.03. The first-order valence-electron chi connectivity index (χ1n) is 10.1. The van der Waals surface area contributed by atoms with E-state index in [0.717, 1.165) is 11.1 Å². The third kappa shape index (κ3) is 2.92. The first kappa shape index (κ1) is 18.1. The summed E-state index contributed by atoms with van der Waals surface area (Å²) in [5.74, 6) is 0. The number of hydrogen-bond donors (Lipinski definition) is 1. The van der Waals surface area contributed by atoms with Crippen molar-refractivity contribution in [2.45, 2.75) is 0 Å². The van der Waals surface area contributed by atoms with Gasteiger partial charge in [0.15, 0.2) is 0 Å². The van der Waals surface area contributed by atoms with Gasteiger partial charge in [0.05, 0.1) is 0 Å². The second kappa shape index (κ2) is 7.46. The second-order valence-electron chi connectivity index (χ2n) is 7.42. The summed E-state index contributed by atoms with van der Waals surface area (Å²) in [7, 11) is 0. The van der Waals surface area contributed by atoms with Gasteiger partial charge in [0.25, 0.3) is 0 Å². The number of fused-ring (bicyclic) bond motifs is 6. The number of allylic oxidation sites excluding steroid dienone is 3. The van der Waals surface area contributed by atoms with Gasteiger partial charge < -0.3 is 5.41 Å². The molecule has 0 saturated carbocycles. The molecule has 5 rings (SSSR count). The van der Waals surface area contributed by atoms with E-state index in [1.807, 2.05) is 0 Å². The van der Waals surface area contributed by atoms with Crippen molar-refractivity contribution in [2.75, 3.05) is 0 Å². The highest BCUT2D eigenvalue weighted by atomic mass is 14.3. The van der Waals surface area contributed by atoms with Gasteiger partial charge in [-0.1, -0.05) is 97.6 Å². The van der Waals surface area contributed by atoms with Crippen molar-refractivity contribution < 1.29 is 0 Å². The highest BCUT2D eigenvalue weighted by molar-refractivity contribution is 6.25. The lowest BCUT2D eigenvalue weighted by molar-refractivity contribution is 1.57. The van der Waals surface area contributed by atoms with Crippen LogP contribution in [0.3, 0.4) is 0 Å². The minimum absolute atomic E-state index is 0.951. The summed E-state index contributed by atoms with van der Waals surface area (Å²) >= 11 is 0. The molecular formula is C29H21N. The molecule has 0 saturated heterocycles. The first-order chi connectivity index (χ1) is 14.8. The summed E-state index contributed by atoms with van der Waals surface area (Å²) in [5, 5.41) is 15.0. The highest BCUT2D eigenvalue weighted by Gasteiger charge is 2.09. The van der Waals surface area contributed by atoms with Gasteiger partial charge in [0.2, 0.25) is 0 Å². The smallest absolute Gasteiger partial charge is 0.0183 e. The minimum Gasteiger partial charge on any atom is -0.309 e. The van der Waals surface area contributed by atoms with E-state index in [2.05, 4.69) is 97.6 Å². The van der Waals surface area contributed by atoms with Crippen LogP contribution in [-0.4, -0.2) is 6.21 Å². The third-order valence-electron chi connectivity index (χ3n) is 5.78. The largest absolute Gasteiger partial charge is 0.309 e. The summed E-state index contributed by atoms with van der Waals surface area (Å²) in [4.78, 5) is 0. The van der Waals surface area contributed by atoms with E-state index < -0.39 is 0 Å². The minimum atomic E-state index is 0.951. The number of benzene rings is 5. The maximum absolute atomic E-state index is 7.31. The molecule has 0 bridgehead atoms. The van der Waals surface area contributed by atoms with Gasteiger partial charge in [0, 0.05) is 6.21 Å². The molecule has 0 atom stereocenters. The molecule has 30 heavy (non-hydrogen) atoms. The van der Waals surface area contributed by atoms with Gasteiger partial charge in [-0.05, 0) is 66.7 Å². The molecule has 0 spiro atoms. The van der Waals surface area contributed by atoms with Crippen molar-refractivity contribution in [2.24, 2.45) is 0 Å². The monoisotopic (exact) mass is 383 g/mol. The number of nitrogens with one attached hydrogen (secondary N) is 1. The van der Waals surface area contributed by atoms with E-state index >= 15 is 0 Å². The normalized spacial score (nSPS) is 11.8. The molecule has 0 unspecified atom stereocenters. The van der Waals surface area contributed by atoms with Gasteiger partial charge in [0.1, 0.15) is 0 Å². The van der Waals surface area contributed by atoms with Gasteiger partial charge in [-0.25, -0.2) is 0 Å². The maximum Gasteiger partial charge on any atom is 0.0183 e. The molecule has 1 heteroatoms. The van der Waals surface area contributed by atoms with Gasteiger partial charge in [-0.3, -0.25) is 0 Å². The van der Waals surface area contributed by atoms with Crippen LogP contribution >= 0.6 is 0 Å². The Morgan fingerprint density at radius 1 is 0.600 bits per heavy atom. The Bertz CT molecular complexity index is 1420. The highest BCUT2D eigenvalue weighted by Crippen LogP contribution is 2.37. The Morgan fingerprint density at radius 2 is 1.10 bits per heavy atom. The van der Waals surface area contributed by atoms with Crippen molar-refractivity contribution in [1.29, 1.82) is 5.41 Å². The maximum atomic E-state index is 7.31. The fourth-order valence-corrected chi connectivity index (χ4v) is 4.31. The molecule has 5 aromatic rings. The van der Waals surface area contributed by atoms with Crippen LogP contribution in [0, 0.1) is 5.41 Å². The summed E-state index contributed by atoms with van der Waals surface area (Å²) in [6, 6.07) is 32.5. The van der Waals surface area contributed by atoms with Crippen LogP contribution in [0.4, 0.5) is 0 Å². The predicted molar refractivity (Wildman–Crippen MR) is 131 cm³/mol. The molecule has 142 valence electrons. The Hall–Kier alpha value is -3.97. The summed E-state index contributed by atoms with van der Waals surface area (Å²) in [6.07, 6.45) is 4.84. The fourth-order valence-electron chi connectivity index (χ4n) is 4.31. The standard InChI is InChI=1S/C29H21N/c1-2-20(17-18-30)21-11-13-22(14-12-21)23-15-16-28-26-9-4-3-7-24(26)25-8-5-6-10-27(25)29(28)19-23/h2-19,30H,1H2/b20-17+,30-18?. The summed E-state index contributed by atoms with van der Waals surface area (Å²) in [6.45, 7) is 3.85. The lowest BCUT2D eigenvalue weighted by Gasteiger charge is -2.12. The molecule has 0 radical (unpaired) electrons. The Balaban J connectivity index is 1.71. The zero-order valence-electron chi connectivity index (χ0n) is 16.6. The van der Waals surface area contributed by atoms with E-state index in [4.69, 9.17) is 5.41 Å². The Labute approximate surface area is 176 Å². The molecule has 0 aliphatic carbocycles. The summed E-state index contributed by atoms with van der Waals surface area (Å²) < 4.78 is 0. The first-order valence-corrected chi connectivity index (χ1v) is 10.1. The molecule has 1 N–H and O–H groups in total. The van der Waals surface area contributed by atoms with Crippen LogP contribution in [0.2, 0.25) is 0 Å². The van der Waals surface area contributed by atoms with Gasteiger partial charge in [-0.15, -0.1) is 0 Å². The molecule has 0 amide bonds. The van der Waals surface area contributed by atoms with E-state index in [1.165, 1.54) is 49.7 Å². The zero-order chi connectivity index (χ0) is 20.5. The second-order valence-corrected chi connectivity index (χ2v) is 7.42. The van der Waals surface area contributed by atoms with Crippen molar-refractivity contribution in [3.8, 4) is 11.1 Å². The molecule has 0 aliphatic rings. The van der Waals surface area contributed by atoms with Crippen LogP contribution in [0.25, 0.3) is 49.0 Å². The molecule has 0 fully saturated rings. The lowest BCUT2D eigenvalue weighted by atomic mass is 9.92. The van der Waals surface area contributed by atoms with E-state index in [0.29, 0.717) is 0 Å². The molecule has 1 nitrogen and oxygen atoms in total. The van der Waals surface area contributed by atoms with Crippen molar-refractivity contribution in [3.05, 3.63) is 115 Å². The zero-order valence-corrected chi connectivity index (χ0v) is 16.6. The molecule has 5 aromatic carbocycles. The van der Waals surface area contributed by atoms with Crippen LogP contribution in [0.5, 0.6) is 0 Å². The van der Waals surface area contributed by atoms with Crippen molar-refractivity contribution >= 4 is 44.1 Å². The molecular weight excluding hydrogens is 362 g/mol. The quantitative estimate of drug-likeness (QED) is 0.184. The molecule has 0 heterocycles. The van der Waals surface area contributed by atoms with Crippen molar-refractivity contribution in [1.82, 2.24) is 0 Å². The topological polar surface area (TPSA) is 23.9 Å². The van der Waals surface area contributed by atoms with E-state index in [1.54, 1.807) is 12.2 Å². The molecule has 0 aromatic heterocycles. The van der Waals surface area contributed by atoms with Gasteiger partial charge in [-0.2, -0.15) is 0 Å². The summed E-state index contributed by atoms with van der Waals surface area (Å²) in [5.41, 5.74) is 4.39. The fraction of sp³-hybridized carbons (Fsp3) is 0. The number of hydrogen-bond acceptors (Lipinski definition) is 1. The van der Waals surface area contributed by atoms with E-state index in [9.17, 15) is 0 Å². The van der Waals surface area contributed by atoms with Crippen LogP contribution < -0.4 is 0 Å². The van der Waals surface area contributed by atoms with Crippen LogP contribution in [-0.2, 0) is 0 Å². The number of rotatable bonds is 4. The Morgan fingerprint density at radius 3 is 1.63 bits per heavy atom. The van der Waals surface area contributed by atoms with E-state index in [-0.39, 0.29) is 0 Å². The Kier molecular flexibility index (Phi) is 4.49. The third-order valence-corrected chi connectivity index (χ3v) is 5.78. The lowest BCUT2D eigenvalue weighted by Crippen LogP contribution is -1.86. The van der Waals surface area contributed by atoms with Gasteiger partial charge >= 0.3 is 0 Å². The SMILES string of the molecule is C=C/C(=C\C=N)c1ccc(-c2ccc3c4ccccc4c4ccccc4c3c2)cc1.